The van der Waals surface area contributed by atoms with Crippen LogP contribution in [0.4, 0.5) is 18.9 Å². The minimum atomic E-state index is -5.08. The summed E-state index contributed by atoms with van der Waals surface area (Å²) in [4.78, 5) is 52.8. The van der Waals surface area contributed by atoms with E-state index in [-0.39, 0.29) is 23.7 Å². The number of oxime groups is 1. The summed E-state index contributed by atoms with van der Waals surface area (Å²) in [5, 5.41) is 29.3. The molecule has 208 valence electrons. The molecule has 0 saturated carbocycles. The summed E-state index contributed by atoms with van der Waals surface area (Å²) in [7, 11) is 0. The summed E-state index contributed by atoms with van der Waals surface area (Å²) >= 11 is 0. The summed E-state index contributed by atoms with van der Waals surface area (Å²) in [6.45, 7) is 0. The molecule has 0 aromatic heterocycles. The predicted molar refractivity (Wildman–Crippen MR) is 126 cm³/mol. The minimum Gasteiger partial charge on any atom is -0.481 e. The van der Waals surface area contributed by atoms with Crippen molar-refractivity contribution in [1.29, 1.82) is 0 Å². The first-order valence-electron chi connectivity index (χ1n) is 10.6. The molecule has 0 atom stereocenters. The van der Waals surface area contributed by atoms with Crippen LogP contribution in [0.3, 0.4) is 0 Å². The lowest BCUT2D eigenvalue weighted by Crippen LogP contribution is -2.35. The van der Waals surface area contributed by atoms with Crippen molar-refractivity contribution in [1.82, 2.24) is 0 Å². The number of guanidine groups is 1. The normalized spacial score (nSPS) is 13.6. The molecule has 2 aromatic rings. The Bertz CT molecular complexity index is 1290. The minimum absolute atomic E-state index is 0.0186. The predicted octanol–water partition coefficient (Wildman–Crippen LogP) is 2.26. The monoisotopic (exact) mass is 554 g/mol. The number of hydrogen-bond acceptors (Lipinski definition) is 8. The average molecular weight is 554 g/mol. The highest BCUT2D eigenvalue weighted by Gasteiger charge is 2.44. The lowest BCUT2D eigenvalue weighted by molar-refractivity contribution is -0.192. The van der Waals surface area contributed by atoms with Crippen molar-refractivity contribution < 1.29 is 57.2 Å². The maximum absolute atomic E-state index is 12.4. The number of carbonyl (C=O) groups is 4. The average Bonchev–Trinajstić information content (AvgIpc) is 3.21. The largest absolute Gasteiger partial charge is 0.490 e. The Morgan fingerprint density at radius 1 is 1.00 bits per heavy atom. The number of alkyl halides is 3. The Morgan fingerprint density at radius 3 is 2.05 bits per heavy atom. The highest BCUT2D eigenvalue weighted by molar-refractivity contribution is 6.02. The van der Waals surface area contributed by atoms with Gasteiger partial charge in [-0.15, -0.1) is 0 Å². The first-order chi connectivity index (χ1) is 18.1. The summed E-state index contributed by atoms with van der Waals surface area (Å²) in [5.74, 6) is -5.65. The molecule has 0 bridgehead atoms. The van der Waals surface area contributed by atoms with E-state index < -0.39 is 48.5 Å². The number of hydrogen-bond donors (Lipinski definition) is 5. The second kappa shape index (κ2) is 12.4. The number of nitrogens with two attached hydrogens (primary N) is 2. The SMILES string of the molecule is NC(N)=Nc1ccc(C(=O)Oc2cccc(C3=NOC(CC(=O)O)(CC(=O)O)C3)c2)cc1.O=C(O)C(F)(F)F. The number of carboxylic acids is 3. The van der Waals surface area contributed by atoms with Gasteiger partial charge in [0.25, 0.3) is 0 Å². The van der Waals surface area contributed by atoms with Gasteiger partial charge >= 0.3 is 30.1 Å². The van der Waals surface area contributed by atoms with Crippen molar-refractivity contribution in [3.63, 3.8) is 0 Å². The van der Waals surface area contributed by atoms with E-state index in [1.807, 2.05) is 0 Å². The zero-order chi connectivity index (χ0) is 29.4. The fourth-order valence-corrected chi connectivity index (χ4v) is 3.21. The number of benzene rings is 2. The summed E-state index contributed by atoms with van der Waals surface area (Å²) in [6.07, 6.45) is -6.14. The van der Waals surface area contributed by atoms with Crippen LogP contribution in [0.15, 0.2) is 58.7 Å². The molecule has 2 aromatic carbocycles. The highest BCUT2D eigenvalue weighted by atomic mass is 19.4. The maximum Gasteiger partial charge on any atom is 0.490 e. The Morgan fingerprint density at radius 2 is 1.56 bits per heavy atom. The van der Waals surface area contributed by atoms with E-state index in [9.17, 15) is 27.6 Å². The number of aliphatic imine (C=N–C) groups is 1. The molecule has 7 N–H and O–H groups in total. The third-order valence-electron chi connectivity index (χ3n) is 4.77. The molecule has 1 aliphatic rings. The molecule has 0 radical (unpaired) electrons. The van der Waals surface area contributed by atoms with Gasteiger partial charge < -0.3 is 36.4 Å². The molecule has 3 rings (SSSR count). The van der Waals surface area contributed by atoms with E-state index in [4.69, 9.17) is 41.2 Å². The maximum atomic E-state index is 12.4. The molecule has 16 heteroatoms. The van der Waals surface area contributed by atoms with Gasteiger partial charge in [-0.25, -0.2) is 14.6 Å². The molecule has 0 saturated heterocycles. The molecular formula is C23H21F3N4O9. The molecular weight excluding hydrogens is 533 g/mol. The number of carbonyl (C=O) groups excluding carboxylic acids is 1. The first kappa shape index (κ1) is 30.1. The van der Waals surface area contributed by atoms with Crippen LogP contribution in [0.1, 0.15) is 35.2 Å². The molecule has 1 heterocycles. The second-order valence-corrected chi connectivity index (χ2v) is 7.93. The van der Waals surface area contributed by atoms with E-state index in [1.165, 1.54) is 18.2 Å². The fraction of sp³-hybridized carbons (Fsp3) is 0.217. The van der Waals surface area contributed by atoms with Crippen molar-refractivity contribution in [3.05, 3.63) is 59.7 Å². The van der Waals surface area contributed by atoms with Crippen molar-refractivity contribution in [2.75, 3.05) is 0 Å². The third-order valence-corrected chi connectivity index (χ3v) is 4.77. The standard InChI is InChI=1S/C21H20N4O7.C2HF3O2/c22-20(23)24-14-6-4-12(5-7-14)19(30)31-15-3-1-2-13(8-15)16-9-21(32-25-16,10-17(26)27)11-18(28)29;3-2(4,5)1(6)7/h1-8H,9-11H2,(H,26,27)(H,28,29)(H4,22,23,24);(H,6,7). The van der Waals surface area contributed by atoms with Crippen LogP contribution in [0, 0.1) is 0 Å². The summed E-state index contributed by atoms with van der Waals surface area (Å²) < 4.78 is 37.1. The Balaban J connectivity index is 0.000000673. The highest BCUT2D eigenvalue weighted by Crippen LogP contribution is 2.34. The second-order valence-electron chi connectivity index (χ2n) is 7.93. The van der Waals surface area contributed by atoms with Crippen LogP contribution in [-0.2, 0) is 19.2 Å². The Kier molecular flexibility index (Phi) is 9.56. The number of aliphatic carboxylic acids is 3. The van der Waals surface area contributed by atoms with Gasteiger partial charge in [-0.05, 0) is 36.4 Å². The molecule has 0 amide bonds. The number of esters is 1. The topological polar surface area (TPSA) is 224 Å². The van der Waals surface area contributed by atoms with Crippen LogP contribution in [0.25, 0.3) is 0 Å². The van der Waals surface area contributed by atoms with Crippen LogP contribution in [-0.4, -0.2) is 62.6 Å². The van der Waals surface area contributed by atoms with Gasteiger partial charge in [0.05, 0.1) is 29.8 Å². The van der Waals surface area contributed by atoms with E-state index in [2.05, 4.69) is 10.1 Å². The molecule has 0 spiro atoms. The molecule has 0 aliphatic carbocycles. The molecule has 39 heavy (non-hydrogen) atoms. The van der Waals surface area contributed by atoms with Gasteiger partial charge in [0.1, 0.15) is 5.75 Å². The molecule has 0 unspecified atom stereocenters. The smallest absolute Gasteiger partial charge is 0.481 e. The lowest BCUT2D eigenvalue weighted by atomic mass is 9.88. The quantitative estimate of drug-likeness (QED) is 0.138. The van der Waals surface area contributed by atoms with Gasteiger partial charge in [0.2, 0.25) is 0 Å². The Hall–Kier alpha value is -5.15. The van der Waals surface area contributed by atoms with Crippen molar-refractivity contribution >= 4 is 41.2 Å². The van der Waals surface area contributed by atoms with Crippen molar-refractivity contribution in [2.45, 2.75) is 31.0 Å². The summed E-state index contributed by atoms with van der Waals surface area (Å²) in [6, 6.07) is 12.5. The van der Waals surface area contributed by atoms with Gasteiger partial charge in [0, 0.05) is 12.0 Å². The van der Waals surface area contributed by atoms with Gasteiger partial charge in [0.15, 0.2) is 11.6 Å². The van der Waals surface area contributed by atoms with Crippen LogP contribution in [0.5, 0.6) is 5.75 Å². The number of ether oxygens (including phenoxy) is 1. The van der Waals surface area contributed by atoms with Gasteiger partial charge in [-0.2, -0.15) is 13.2 Å². The zero-order valence-corrected chi connectivity index (χ0v) is 19.7. The van der Waals surface area contributed by atoms with Crippen molar-refractivity contribution in [3.8, 4) is 5.75 Å². The van der Waals surface area contributed by atoms with E-state index in [0.717, 1.165) is 0 Å². The van der Waals surface area contributed by atoms with E-state index in [1.54, 1.807) is 30.3 Å². The van der Waals surface area contributed by atoms with E-state index >= 15 is 0 Å². The summed E-state index contributed by atoms with van der Waals surface area (Å²) in [5.41, 5.74) is 10.8. The lowest BCUT2D eigenvalue weighted by Gasteiger charge is -2.22. The number of rotatable bonds is 8. The van der Waals surface area contributed by atoms with Crippen molar-refractivity contribution in [2.24, 2.45) is 21.6 Å². The van der Waals surface area contributed by atoms with E-state index in [0.29, 0.717) is 17.0 Å². The third kappa shape index (κ3) is 9.34. The molecule has 0 fully saturated rings. The van der Waals surface area contributed by atoms with Gasteiger partial charge in [-0.3, -0.25) is 9.59 Å². The Labute approximate surface area is 217 Å². The molecule has 1 aliphatic heterocycles. The van der Waals surface area contributed by atoms with Crippen LogP contribution in [0.2, 0.25) is 0 Å². The first-order valence-corrected chi connectivity index (χ1v) is 10.6. The number of carboxylic acid groups (broad SMARTS) is 3. The number of halogens is 3. The number of nitrogens with zero attached hydrogens (tertiary/aromatic N) is 2. The molecule has 13 nitrogen and oxygen atoms in total. The van der Waals surface area contributed by atoms with Gasteiger partial charge in [-0.1, -0.05) is 17.3 Å². The zero-order valence-electron chi connectivity index (χ0n) is 19.7. The fourth-order valence-electron chi connectivity index (χ4n) is 3.21. The van der Waals surface area contributed by atoms with Crippen LogP contribution >= 0.6 is 0 Å². The van der Waals surface area contributed by atoms with Crippen LogP contribution < -0.4 is 16.2 Å².